The SMILES string of the molecule is CNC(CCCS(C)(=O)=O)c1cccc(S(C)(=O)=O)c1. The van der Waals surface area contributed by atoms with Crippen molar-refractivity contribution < 1.29 is 16.8 Å². The molecule has 0 bridgehead atoms. The van der Waals surface area contributed by atoms with E-state index in [4.69, 9.17) is 0 Å². The molecule has 1 rings (SSSR count). The van der Waals surface area contributed by atoms with Crippen LogP contribution in [0.3, 0.4) is 0 Å². The number of hydrogen-bond donors (Lipinski definition) is 1. The Hall–Kier alpha value is -0.920. The molecule has 20 heavy (non-hydrogen) atoms. The summed E-state index contributed by atoms with van der Waals surface area (Å²) in [6.45, 7) is 0. The summed E-state index contributed by atoms with van der Waals surface area (Å²) < 4.78 is 45.3. The molecule has 0 saturated carbocycles. The molecule has 0 fully saturated rings. The second-order valence-electron chi connectivity index (χ2n) is 4.96. The predicted molar refractivity (Wildman–Crippen MR) is 80.3 cm³/mol. The van der Waals surface area contributed by atoms with E-state index in [0.29, 0.717) is 12.8 Å². The largest absolute Gasteiger partial charge is 0.313 e. The Morgan fingerprint density at radius 3 is 2.30 bits per heavy atom. The monoisotopic (exact) mass is 319 g/mol. The Bertz CT molecular complexity index is 651. The fraction of sp³-hybridized carbons (Fsp3) is 0.538. The van der Waals surface area contributed by atoms with Crippen LogP contribution in [-0.2, 0) is 19.7 Å². The number of benzene rings is 1. The van der Waals surface area contributed by atoms with Crippen LogP contribution >= 0.6 is 0 Å². The second-order valence-corrected chi connectivity index (χ2v) is 9.23. The zero-order valence-corrected chi connectivity index (χ0v) is 13.6. The molecule has 0 radical (unpaired) electrons. The lowest BCUT2D eigenvalue weighted by molar-refractivity contribution is 0.535. The molecule has 7 heteroatoms. The van der Waals surface area contributed by atoms with Crippen molar-refractivity contribution in [1.29, 1.82) is 0 Å². The van der Waals surface area contributed by atoms with Crippen LogP contribution in [0, 0.1) is 0 Å². The zero-order chi connectivity index (χ0) is 15.4. The summed E-state index contributed by atoms with van der Waals surface area (Å²) in [4.78, 5) is 0.276. The molecule has 0 spiro atoms. The zero-order valence-electron chi connectivity index (χ0n) is 12.0. The third-order valence-corrected chi connectivity index (χ3v) is 5.19. The number of nitrogens with one attached hydrogen (secondary N) is 1. The van der Waals surface area contributed by atoms with Crippen molar-refractivity contribution in [2.45, 2.75) is 23.8 Å². The van der Waals surface area contributed by atoms with Crippen LogP contribution in [0.25, 0.3) is 0 Å². The first kappa shape index (κ1) is 17.1. The molecule has 0 amide bonds. The summed E-state index contributed by atoms with van der Waals surface area (Å²) >= 11 is 0. The van der Waals surface area contributed by atoms with Gasteiger partial charge in [0, 0.05) is 24.3 Å². The van der Waals surface area contributed by atoms with E-state index in [-0.39, 0.29) is 16.7 Å². The van der Waals surface area contributed by atoms with Crippen molar-refractivity contribution in [3.8, 4) is 0 Å². The maximum Gasteiger partial charge on any atom is 0.175 e. The van der Waals surface area contributed by atoms with Crippen molar-refractivity contribution in [1.82, 2.24) is 5.32 Å². The summed E-state index contributed by atoms with van der Waals surface area (Å²) in [6.07, 6.45) is 3.56. The minimum absolute atomic E-state index is 0.0570. The standard InChI is InChI=1S/C13H21NO4S2/c1-14-13(8-5-9-19(2,15)16)11-6-4-7-12(10-11)20(3,17)18/h4,6-7,10,13-14H,5,8-9H2,1-3H3. The van der Waals surface area contributed by atoms with E-state index >= 15 is 0 Å². The Kier molecular flexibility index (Phi) is 5.73. The van der Waals surface area contributed by atoms with Crippen LogP contribution in [0.15, 0.2) is 29.2 Å². The first-order valence-corrected chi connectivity index (χ1v) is 10.2. The maximum atomic E-state index is 11.5. The maximum absolute atomic E-state index is 11.5. The van der Waals surface area contributed by atoms with E-state index in [1.807, 2.05) is 6.07 Å². The molecule has 1 aromatic rings. The van der Waals surface area contributed by atoms with E-state index in [1.165, 1.54) is 12.5 Å². The molecule has 1 aromatic carbocycles. The molecule has 0 aromatic heterocycles. The molecule has 114 valence electrons. The van der Waals surface area contributed by atoms with Gasteiger partial charge in [-0.25, -0.2) is 16.8 Å². The van der Waals surface area contributed by atoms with Gasteiger partial charge in [0.25, 0.3) is 0 Å². The van der Waals surface area contributed by atoms with Crippen LogP contribution in [0.4, 0.5) is 0 Å². The first-order valence-electron chi connectivity index (χ1n) is 6.28. The number of sulfone groups is 2. The molecular weight excluding hydrogens is 298 g/mol. The van der Waals surface area contributed by atoms with Crippen LogP contribution in [0.1, 0.15) is 24.4 Å². The van der Waals surface area contributed by atoms with Crippen LogP contribution in [0.5, 0.6) is 0 Å². The summed E-state index contributed by atoms with van der Waals surface area (Å²) in [7, 11) is -4.42. The average Bonchev–Trinajstić information content (AvgIpc) is 2.32. The molecule has 0 saturated heterocycles. The third-order valence-electron chi connectivity index (χ3n) is 3.05. The van der Waals surface area contributed by atoms with Crippen molar-refractivity contribution in [3.63, 3.8) is 0 Å². The average molecular weight is 319 g/mol. The summed E-state index contributed by atoms with van der Waals surface area (Å²) in [5.41, 5.74) is 0.851. The van der Waals surface area contributed by atoms with Gasteiger partial charge < -0.3 is 5.32 Å². The van der Waals surface area contributed by atoms with E-state index in [1.54, 1.807) is 25.2 Å². The van der Waals surface area contributed by atoms with Crippen LogP contribution in [0.2, 0.25) is 0 Å². The molecule has 1 unspecified atom stereocenters. The first-order chi connectivity index (χ1) is 9.13. The normalized spacial score (nSPS) is 14.2. The van der Waals surface area contributed by atoms with Crippen molar-refractivity contribution in [2.75, 3.05) is 25.3 Å². The fourth-order valence-corrected chi connectivity index (χ4v) is 3.36. The lowest BCUT2D eigenvalue weighted by Gasteiger charge is -2.17. The van der Waals surface area contributed by atoms with E-state index in [9.17, 15) is 16.8 Å². The molecule has 0 aliphatic carbocycles. The van der Waals surface area contributed by atoms with Crippen molar-refractivity contribution in [3.05, 3.63) is 29.8 Å². The van der Waals surface area contributed by atoms with Crippen LogP contribution in [-0.4, -0.2) is 42.1 Å². The number of rotatable bonds is 7. The Morgan fingerprint density at radius 2 is 1.80 bits per heavy atom. The predicted octanol–water partition coefficient (Wildman–Crippen LogP) is 1.18. The fourth-order valence-electron chi connectivity index (χ4n) is 1.99. The highest BCUT2D eigenvalue weighted by Gasteiger charge is 2.14. The molecule has 0 aliphatic rings. The minimum Gasteiger partial charge on any atom is -0.313 e. The summed E-state index contributed by atoms with van der Waals surface area (Å²) in [6, 6.07) is 6.68. The molecule has 0 aliphatic heterocycles. The molecule has 1 N–H and O–H groups in total. The van der Waals surface area contributed by atoms with Gasteiger partial charge >= 0.3 is 0 Å². The molecule has 1 atom stereocenters. The second kappa shape index (κ2) is 6.69. The van der Waals surface area contributed by atoms with E-state index in [0.717, 1.165) is 5.56 Å². The smallest absolute Gasteiger partial charge is 0.175 e. The molecule has 5 nitrogen and oxygen atoms in total. The lowest BCUT2D eigenvalue weighted by Crippen LogP contribution is -2.18. The molecular formula is C13H21NO4S2. The highest BCUT2D eigenvalue weighted by molar-refractivity contribution is 7.91. The van der Waals surface area contributed by atoms with Gasteiger partial charge in [0.05, 0.1) is 4.90 Å². The summed E-state index contributed by atoms with van der Waals surface area (Å²) in [5, 5.41) is 3.09. The topological polar surface area (TPSA) is 80.3 Å². The van der Waals surface area contributed by atoms with Gasteiger partial charge in [0.2, 0.25) is 0 Å². The number of hydrogen-bond acceptors (Lipinski definition) is 5. The summed E-state index contributed by atoms with van der Waals surface area (Å²) in [5.74, 6) is 0.136. The highest BCUT2D eigenvalue weighted by Crippen LogP contribution is 2.21. The Balaban J connectivity index is 2.85. The van der Waals surface area contributed by atoms with E-state index < -0.39 is 19.7 Å². The molecule has 0 heterocycles. The Morgan fingerprint density at radius 1 is 1.15 bits per heavy atom. The van der Waals surface area contributed by atoms with Crippen molar-refractivity contribution >= 4 is 19.7 Å². The lowest BCUT2D eigenvalue weighted by atomic mass is 10.0. The van der Waals surface area contributed by atoms with Gasteiger partial charge in [-0.05, 0) is 37.6 Å². The van der Waals surface area contributed by atoms with Gasteiger partial charge in [-0.1, -0.05) is 12.1 Å². The van der Waals surface area contributed by atoms with Gasteiger partial charge in [-0.2, -0.15) is 0 Å². The van der Waals surface area contributed by atoms with Gasteiger partial charge in [0.15, 0.2) is 9.84 Å². The third kappa shape index (κ3) is 5.60. The van der Waals surface area contributed by atoms with Crippen LogP contribution < -0.4 is 5.32 Å². The van der Waals surface area contributed by atoms with E-state index in [2.05, 4.69) is 5.32 Å². The van der Waals surface area contributed by atoms with Gasteiger partial charge in [0.1, 0.15) is 9.84 Å². The van der Waals surface area contributed by atoms with Crippen molar-refractivity contribution in [2.24, 2.45) is 0 Å². The quantitative estimate of drug-likeness (QED) is 0.816. The highest BCUT2D eigenvalue weighted by atomic mass is 32.2. The van der Waals surface area contributed by atoms with Gasteiger partial charge in [-0.3, -0.25) is 0 Å². The van der Waals surface area contributed by atoms with Gasteiger partial charge in [-0.15, -0.1) is 0 Å². The Labute approximate surface area is 121 Å². The minimum atomic E-state index is -3.23.